The third kappa shape index (κ3) is 5.18. The summed E-state index contributed by atoms with van der Waals surface area (Å²) in [6.45, 7) is 13.5. The summed E-state index contributed by atoms with van der Waals surface area (Å²) in [6, 6.07) is 0.630. The number of aromatic nitrogens is 1. The van der Waals surface area contributed by atoms with Crippen molar-refractivity contribution in [2.45, 2.75) is 78.6 Å². The molecule has 1 saturated heterocycles. The summed E-state index contributed by atoms with van der Waals surface area (Å²) in [5, 5.41) is 4.74. The minimum Gasteiger partial charge on any atom is -0.444 e. The van der Waals surface area contributed by atoms with Crippen molar-refractivity contribution in [3.8, 4) is 0 Å². The molecule has 0 aliphatic carbocycles. The highest BCUT2D eigenvalue weighted by Gasteiger charge is 2.31. The van der Waals surface area contributed by atoms with Crippen LogP contribution in [0.3, 0.4) is 0 Å². The molecule has 23 heavy (non-hydrogen) atoms. The fourth-order valence-electron chi connectivity index (χ4n) is 2.92. The van der Waals surface area contributed by atoms with E-state index >= 15 is 0 Å². The van der Waals surface area contributed by atoms with Crippen molar-refractivity contribution >= 4 is 17.4 Å². The van der Waals surface area contributed by atoms with Crippen molar-refractivity contribution in [2.75, 3.05) is 6.54 Å². The van der Waals surface area contributed by atoms with Gasteiger partial charge in [0.25, 0.3) is 0 Å². The minimum absolute atomic E-state index is 0.195. The smallest absolute Gasteiger partial charge is 0.410 e. The van der Waals surface area contributed by atoms with E-state index in [1.54, 1.807) is 11.3 Å². The first-order valence-corrected chi connectivity index (χ1v) is 9.13. The molecule has 2 heterocycles. The van der Waals surface area contributed by atoms with Gasteiger partial charge in [0.2, 0.25) is 0 Å². The SMILES string of the molecule is Cc1nc(C)c(CNC2CCN(C(=O)OC(C)(C)C)C(C)C2)s1. The fraction of sp³-hybridized carbons (Fsp3) is 0.765. The van der Waals surface area contributed by atoms with Crippen LogP contribution in [0.1, 0.15) is 56.1 Å². The molecular formula is C17H29N3O2S. The van der Waals surface area contributed by atoms with Crippen LogP contribution >= 0.6 is 11.3 Å². The zero-order valence-corrected chi connectivity index (χ0v) is 15.9. The van der Waals surface area contributed by atoms with Gasteiger partial charge in [0.15, 0.2) is 0 Å². The molecule has 1 aromatic rings. The number of hydrogen-bond acceptors (Lipinski definition) is 5. The molecule has 0 bridgehead atoms. The number of piperidine rings is 1. The van der Waals surface area contributed by atoms with Gasteiger partial charge in [-0.25, -0.2) is 9.78 Å². The van der Waals surface area contributed by atoms with Crippen molar-refractivity contribution in [1.29, 1.82) is 0 Å². The Labute approximate surface area is 143 Å². The average molecular weight is 340 g/mol. The van der Waals surface area contributed by atoms with E-state index in [4.69, 9.17) is 4.74 Å². The maximum absolute atomic E-state index is 12.2. The Morgan fingerprint density at radius 1 is 1.43 bits per heavy atom. The normalized spacial score (nSPS) is 22.3. The molecule has 130 valence electrons. The van der Waals surface area contributed by atoms with Crippen LogP contribution in [0.2, 0.25) is 0 Å². The Morgan fingerprint density at radius 2 is 2.13 bits per heavy atom. The molecule has 2 unspecified atom stereocenters. The Bertz CT molecular complexity index is 551. The van der Waals surface area contributed by atoms with Gasteiger partial charge >= 0.3 is 6.09 Å². The van der Waals surface area contributed by atoms with Gasteiger partial charge in [0.05, 0.1) is 10.7 Å². The maximum Gasteiger partial charge on any atom is 0.410 e. The fourth-order valence-corrected chi connectivity index (χ4v) is 3.81. The molecule has 2 rings (SSSR count). The monoisotopic (exact) mass is 339 g/mol. The lowest BCUT2D eigenvalue weighted by molar-refractivity contribution is 0.00933. The molecule has 0 aromatic carbocycles. The molecule has 1 amide bonds. The number of likely N-dealkylation sites (tertiary alicyclic amines) is 1. The third-order valence-electron chi connectivity index (χ3n) is 4.06. The Hall–Kier alpha value is -1.14. The van der Waals surface area contributed by atoms with E-state index in [1.807, 2.05) is 32.6 Å². The zero-order chi connectivity index (χ0) is 17.2. The molecular weight excluding hydrogens is 310 g/mol. The highest BCUT2D eigenvalue weighted by molar-refractivity contribution is 7.11. The topological polar surface area (TPSA) is 54.5 Å². The second kappa shape index (κ2) is 7.18. The van der Waals surface area contributed by atoms with Crippen LogP contribution in [0, 0.1) is 13.8 Å². The number of carbonyl (C=O) groups is 1. The molecule has 1 N–H and O–H groups in total. The summed E-state index contributed by atoms with van der Waals surface area (Å²) in [5.74, 6) is 0. The second-order valence-electron chi connectivity index (χ2n) is 7.37. The molecule has 5 nitrogen and oxygen atoms in total. The summed E-state index contributed by atoms with van der Waals surface area (Å²) in [5.41, 5.74) is 0.687. The lowest BCUT2D eigenvalue weighted by atomic mass is 9.98. The molecule has 0 spiro atoms. The van der Waals surface area contributed by atoms with Gasteiger partial charge in [-0.2, -0.15) is 0 Å². The lowest BCUT2D eigenvalue weighted by Crippen LogP contribution is -2.50. The van der Waals surface area contributed by atoms with Crippen LogP contribution in [0.4, 0.5) is 4.79 Å². The number of ether oxygens (including phenoxy) is 1. The Kier molecular flexibility index (Phi) is 5.68. The first-order chi connectivity index (χ1) is 10.7. The van der Waals surface area contributed by atoms with E-state index in [1.165, 1.54) is 4.88 Å². The molecule has 0 radical (unpaired) electrons. The van der Waals surface area contributed by atoms with Gasteiger partial charge in [0.1, 0.15) is 5.60 Å². The van der Waals surface area contributed by atoms with E-state index in [2.05, 4.69) is 24.1 Å². The van der Waals surface area contributed by atoms with Gasteiger partial charge < -0.3 is 15.0 Å². The van der Waals surface area contributed by atoms with Crippen molar-refractivity contribution in [2.24, 2.45) is 0 Å². The largest absolute Gasteiger partial charge is 0.444 e. The average Bonchev–Trinajstić information content (AvgIpc) is 2.72. The molecule has 1 aliphatic rings. The first kappa shape index (κ1) is 18.2. The predicted molar refractivity (Wildman–Crippen MR) is 93.9 cm³/mol. The number of nitrogens with zero attached hydrogens (tertiary/aromatic N) is 2. The Morgan fingerprint density at radius 3 is 2.65 bits per heavy atom. The lowest BCUT2D eigenvalue weighted by Gasteiger charge is -2.38. The maximum atomic E-state index is 12.2. The molecule has 0 saturated carbocycles. The summed E-state index contributed by atoms with van der Waals surface area (Å²) >= 11 is 1.76. The molecule has 2 atom stereocenters. The van der Waals surface area contributed by atoms with Gasteiger partial charge in [-0.3, -0.25) is 0 Å². The van der Waals surface area contributed by atoms with Gasteiger partial charge in [-0.1, -0.05) is 0 Å². The van der Waals surface area contributed by atoms with Crippen molar-refractivity contribution in [3.63, 3.8) is 0 Å². The van der Waals surface area contributed by atoms with Crippen molar-refractivity contribution < 1.29 is 9.53 Å². The van der Waals surface area contributed by atoms with Gasteiger partial charge in [0, 0.05) is 30.1 Å². The third-order valence-corrected chi connectivity index (χ3v) is 5.13. The molecule has 1 aromatic heterocycles. The number of hydrogen-bond donors (Lipinski definition) is 1. The van der Waals surface area contributed by atoms with Crippen LogP contribution in [-0.2, 0) is 11.3 Å². The summed E-state index contributed by atoms with van der Waals surface area (Å²) in [4.78, 5) is 19.9. The van der Waals surface area contributed by atoms with Crippen LogP contribution in [0.5, 0.6) is 0 Å². The second-order valence-corrected chi connectivity index (χ2v) is 8.65. The van der Waals surface area contributed by atoms with Crippen LogP contribution < -0.4 is 5.32 Å². The quantitative estimate of drug-likeness (QED) is 0.913. The standard InChI is InChI=1S/C17H29N3O2S/c1-11-9-14(18-10-15-12(2)19-13(3)23-15)7-8-20(11)16(21)22-17(4,5)6/h11,14,18H,7-10H2,1-6H3. The number of nitrogens with one attached hydrogen (secondary N) is 1. The van der Waals surface area contributed by atoms with Crippen LogP contribution in [-0.4, -0.2) is 40.2 Å². The van der Waals surface area contributed by atoms with Crippen LogP contribution in [0.15, 0.2) is 0 Å². The van der Waals surface area contributed by atoms with E-state index < -0.39 is 5.60 Å². The highest BCUT2D eigenvalue weighted by Crippen LogP contribution is 2.22. The first-order valence-electron chi connectivity index (χ1n) is 8.31. The number of aryl methyl sites for hydroxylation is 2. The number of thiazole rings is 1. The summed E-state index contributed by atoms with van der Waals surface area (Å²) in [6.07, 6.45) is 1.72. The van der Waals surface area contributed by atoms with Crippen LogP contribution in [0.25, 0.3) is 0 Å². The van der Waals surface area contributed by atoms with E-state index in [-0.39, 0.29) is 12.1 Å². The molecule has 6 heteroatoms. The number of carbonyl (C=O) groups excluding carboxylic acids is 1. The Balaban J connectivity index is 1.84. The molecule has 1 aliphatic heterocycles. The van der Waals surface area contributed by atoms with E-state index in [9.17, 15) is 4.79 Å². The van der Waals surface area contributed by atoms with Gasteiger partial charge in [-0.05, 0) is 54.4 Å². The van der Waals surface area contributed by atoms with Crippen molar-refractivity contribution in [1.82, 2.24) is 15.2 Å². The van der Waals surface area contributed by atoms with E-state index in [0.29, 0.717) is 6.04 Å². The highest BCUT2D eigenvalue weighted by atomic mass is 32.1. The predicted octanol–water partition coefficient (Wildman–Crippen LogP) is 3.64. The summed E-state index contributed by atoms with van der Waals surface area (Å²) in [7, 11) is 0. The number of rotatable bonds is 3. The van der Waals surface area contributed by atoms with Gasteiger partial charge in [-0.15, -0.1) is 11.3 Å². The van der Waals surface area contributed by atoms with Crippen molar-refractivity contribution in [3.05, 3.63) is 15.6 Å². The molecule has 1 fully saturated rings. The van der Waals surface area contributed by atoms with E-state index in [0.717, 1.165) is 36.6 Å². The minimum atomic E-state index is -0.437. The zero-order valence-electron chi connectivity index (χ0n) is 15.1. The number of amides is 1. The summed E-state index contributed by atoms with van der Waals surface area (Å²) < 4.78 is 5.49.